The molecule has 0 aromatic heterocycles. The van der Waals surface area contributed by atoms with Gasteiger partial charge in [0.05, 0.1) is 20.3 Å². The molecule has 1 saturated heterocycles. The van der Waals surface area contributed by atoms with E-state index in [-0.39, 0.29) is 5.91 Å². The van der Waals surface area contributed by atoms with Gasteiger partial charge in [-0.1, -0.05) is 13.0 Å². The Kier molecular flexibility index (Phi) is 5.86. The van der Waals surface area contributed by atoms with Crippen LogP contribution in [0.2, 0.25) is 0 Å². The maximum atomic E-state index is 12.6. The molecular weight excluding hydrogens is 292 g/mol. The van der Waals surface area contributed by atoms with E-state index in [0.717, 1.165) is 31.5 Å². The predicted molar refractivity (Wildman–Crippen MR) is 87.3 cm³/mol. The monoisotopic (exact) mass is 316 g/mol. The second-order valence-corrected chi connectivity index (χ2v) is 6.08. The molecule has 1 heterocycles. The minimum atomic E-state index is -0.651. The van der Waals surface area contributed by atoms with E-state index >= 15 is 0 Å². The number of benzene rings is 1. The molecule has 0 N–H and O–H groups in total. The lowest BCUT2D eigenvalue weighted by Crippen LogP contribution is -2.41. The van der Waals surface area contributed by atoms with Gasteiger partial charge in [-0.2, -0.15) is 5.26 Å². The standard InChI is InChI=1S/C18H24N2O3/c1-13-6-8-20(9-7-13)18(21)15(12-19)10-14-4-5-16(22-2)17(11-14)23-3/h4-5,11,13,15H,6-10H2,1-3H3. The summed E-state index contributed by atoms with van der Waals surface area (Å²) in [6.45, 7) is 3.71. The molecule has 124 valence electrons. The number of amides is 1. The summed E-state index contributed by atoms with van der Waals surface area (Å²) < 4.78 is 10.5. The highest BCUT2D eigenvalue weighted by molar-refractivity contribution is 5.81. The fourth-order valence-electron chi connectivity index (χ4n) is 2.88. The first-order valence-electron chi connectivity index (χ1n) is 7.98. The van der Waals surface area contributed by atoms with Crippen molar-refractivity contribution in [2.24, 2.45) is 11.8 Å². The van der Waals surface area contributed by atoms with Gasteiger partial charge in [-0.3, -0.25) is 4.79 Å². The van der Waals surface area contributed by atoms with Gasteiger partial charge >= 0.3 is 0 Å². The molecule has 2 rings (SSSR count). The van der Waals surface area contributed by atoms with Gasteiger partial charge in [0.15, 0.2) is 11.5 Å². The Balaban J connectivity index is 2.07. The lowest BCUT2D eigenvalue weighted by atomic mass is 9.95. The van der Waals surface area contributed by atoms with Gasteiger partial charge in [-0.25, -0.2) is 0 Å². The molecule has 23 heavy (non-hydrogen) atoms. The van der Waals surface area contributed by atoms with Crippen molar-refractivity contribution in [3.05, 3.63) is 23.8 Å². The van der Waals surface area contributed by atoms with Crippen molar-refractivity contribution >= 4 is 5.91 Å². The first-order chi connectivity index (χ1) is 11.1. The van der Waals surface area contributed by atoms with Crippen molar-refractivity contribution in [2.45, 2.75) is 26.2 Å². The number of carbonyl (C=O) groups excluding carboxylic acids is 1. The van der Waals surface area contributed by atoms with Crippen LogP contribution in [0.3, 0.4) is 0 Å². The molecule has 1 unspecified atom stereocenters. The molecule has 5 heteroatoms. The topological polar surface area (TPSA) is 62.6 Å². The van der Waals surface area contributed by atoms with E-state index in [4.69, 9.17) is 9.47 Å². The van der Waals surface area contributed by atoms with Crippen LogP contribution in [0.1, 0.15) is 25.3 Å². The normalized spacial score (nSPS) is 16.5. The largest absolute Gasteiger partial charge is 0.493 e. The third-order valence-electron chi connectivity index (χ3n) is 4.44. The van der Waals surface area contributed by atoms with Gasteiger partial charge in [-0.15, -0.1) is 0 Å². The Labute approximate surface area is 137 Å². The van der Waals surface area contributed by atoms with Crippen molar-refractivity contribution in [3.63, 3.8) is 0 Å². The van der Waals surface area contributed by atoms with Crippen LogP contribution in [0.15, 0.2) is 18.2 Å². The fraction of sp³-hybridized carbons (Fsp3) is 0.556. The Morgan fingerprint density at radius 2 is 1.96 bits per heavy atom. The molecule has 1 aliphatic rings. The lowest BCUT2D eigenvalue weighted by molar-refractivity contribution is -0.135. The molecule has 5 nitrogen and oxygen atoms in total. The van der Waals surface area contributed by atoms with Gasteiger partial charge < -0.3 is 14.4 Å². The van der Waals surface area contributed by atoms with E-state index < -0.39 is 5.92 Å². The van der Waals surface area contributed by atoms with Gasteiger partial charge in [0, 0.05) is 13.1 Å². The van der Waals surface area contributed by atoms with E-state index in [1.807, 2.05) is 17.0 Å². The molecule has 0 saturated carbocycles. The van der Waals surface area contributed by atoms with Crippen molar-refractivity contribution in [1.29, 1.82) is 5.26 Å². The van der Waals surface area contributed by atoms with Gasteiger partial charge in [0.2, 0.25) is 5.91 Å². The first kappa shape index (κ1) is 17.1. The molecule has 1 aliphatic heterocycles. The van der Waals surface area contributed by atoms with Crippen LogP contribution in [-0.2, 0) is 11.2 Å². The lowest BCUT2D eigenvalue weighted by Gasteiger charge is -2.31. The Hall–Kier alpha value is -2.22. The fourth-order valence-corrected chi connectivity index (χ4v) is 2.88. The number of nitriles is 1. The highest BCUT2D eigenvalue weighted by Gasteiger charge is 2.27. The molecule has 1 amide bonds. The Morgan fingerprint density at radius 1 is 1.30 bits per heavy atom. The van der Waals surface area contributed by atoms with Crippen LogP contribution >= 0.6 is 0 Å². The van der Waals surface area contributed by atoms with Crippen LogP contribution in [0.5, 0.6) is 11.5 Å². The third kappa shape index (κ3) is 4.16. The highest BCUT2D eigenvalue weighted by Crippen LogP contribution is 2.29. The van der Waals surface area contributed by atoms with E-state index in [0.29, 0.717) is 23.8 Å². The number of hydrogen-bond acceptors (Lipinski definition) is 4. The Morgan fingerprint density at radius 3 is 2.52 bits per heavy atom. The highest BCUT2D eigenvalue weighted by atomic mass is 16.5. The number of carbonyl (C=O) groups is 1. The van der Waals surface area contributed by atoms with Gasteiger partial charge in [0.1, 0.15) is 5.92 Å². The SMILES string of the molecule is COc1ccc(CC(C#N)C(=O)N2CCC(C)CC2)cc1OC. The van der Waals surface area contributed by atoms with Crippen molar-refractivity contribution in [3.8, 4) is 17.6 Å². The van der Waals surface area contributed by atoms with Crippen molar-refractivity contribution in [1.82, 2.24) is 4.90 Å². The van der Waals surface area contributed by atoms with Gasteiger partial charge in [-0.05, 0) is 42.9 Å². The molecule has 0 bridgehead atoms. The predicted octanol–water partition coefficient (Wildman–Crippen LogP) is 2.64. The molecule has 0 aliphatic carbocycles. The van der Waals surface area contributed by atoms with E-state index in [1.165, 1.54) is 0 Å². The average Bonchev–Trinajstić information content (AvgIpc) is 2.59. The molecule has 0 radical (unpaired) electrons. The summed E-state index contributed by atoms with van der Waals surface area (Å²) in [5.74, 6) is 1.20. The average molecular weight is 316 g/mol. The maximum Gasteiger partial charge on any atom is 0.240 e. The zero-order valence-electron chi connectivity index (χ0n) is 14.0. The van der Waals surface area contributed by atoms with Crippen LogP contribution < -0.4 is 9.47 Å². The van der Waals surface area contributed by atoms with E-state index in [2.05, 4.69) is 13.0 Å². The number of ether oxygens (including phenoxy) is 2. The first-order valence-corrected chi connectivity index (χ1v) is 7.98. The number of rotatable bonds is 5. The number of piperidine rings is 1. The maximum absolute atomic E-state index is 12.6. The molecule has 1 atom stereocenters. The molecule has 1 aromatic rings. The van der Waals surface area contributed by atoms with Crippen LogP contribution in [-0.4, -0.2) is 38.1 Å². The summed E-state index contributed by atoms with van der Waals surface area (Å²) in [4.78, 5) is 14.4. The minimum Gasteiger partial charge on any atom is -0.493 e. The van der Waals surface area contributed by atoms with Gasteiger partial charge in [0.25, 0.3) is 0 Å². The second kappa shape index (κ2) is 7.87. The number of methoxy groups -OCH3 is 2. The second-order valence-electron chi connectivity index (χ2n) is 6.08. The number of nitrogens with zero attached hydrogens (tertiary/aromatic N) is 2. The molecule has 1 aromatic carbocycles. The summed E-state index contributed by atoms with van der Waals surface area (Å²) in [5, 5.41) is 9.41. The molecule has 1 fully saturated rings. The van der Waals surface area contributed by atoms with Crippen molar-refractivity contribution < 1.29 is 14.3 Å². The van der Waals surface area contributed by atoms with Crippen LogP contribution in [0, 0.1) is 23.2 Å². The zero-order valence-corrected chi connectivity index (χ0v) is 14.0. The summed E-state index contributed by atoms with van der Waals surface area (Å²) >= 11 is 0. The van der Waals surface area contributed by atoms with Crippen molar-refractivity contribution in [2.75, 3.05) is 27.3 Å². The third-order valence-corrected chi connectivity index (χ3v) is 4.44. The molecular formula is C18H24N2O3. The zero-order chi connectivity index (χ0) is 16.8. The Bertz CT molecular complexity index is 586. The summed E-state index contributed by atoms with van der Waals surface area (Å²) in [6.07, 6.45) is 2.42. The minimum absolute atomic E-state index is 0.0609. The number of hydrogen-bond donors (Lipinski definition) is 0. The summed E-state index contributed by atoms with van der Waals surface area (Å²) in [6, 6.07) is 7.66. The van der Waals surface area contributed by atoms with E-state index in [1.54, 1.807) is 20.3 Å². The van der Waals surface area contributed by atoms with Crippen LogP contribution in [0.4, 0.5) is 0 Å². The summed E-state index contributed by atoms with van der Waals surface area (Å²) in [5.41, 5.74) is 0.896. The van der Waals surface area contributed by atoms with E-state index in [9.17, 15) is 10.1 Å². The van der Waals surface area contributed by atoms with Crippen LogP contribution in [0.25, 0.3) is 0 Å². The smallest absolute Gasteiger partial charge is 0.240 e. The number of likely N-dealkylation sites (tertiary alicyclic amines) is 1. The quantitative estimate of drug-likeness (QED) is 0.838. The molecule has 0 spiro atoms. The summed E-state index contributed by atoms with van der Waals surface area (Å²) in [7, 11) is 3.15.